The maximum atomic E-state index is 12.1. The summed E-state index contributed by atoms with van der Waals surface area (Å²) in [6.07, 6.45) is 2.82. The molecule has 1 aromatic heterocycles. The summed E-state index contributed by atoms with van der Waals surface area (Å²) in [7, 11) is 0. The zero-order valence-electron chi connectivity index (χ0n) is 11.8. The molecule has 0 spiro atoms. The smallest absolute Gasteiger partial charge is 0.267 e. The van der Waals surface area contributed by atoms with Crippen molar-refractivity contribution in [2.45, 2.75) is 6.92 Å². The van der Waals surface area contributed by atoms with Gasteiger partial charge in [-0.2, -0.15) is 5.26 Å². The number of aromatic nitrogens is 1. The summed E-state index contributed by atoms with van der Waals surface area (Å²) in [6.45, 7) is 1.92. The number of pyridine rings is 1. The second-order valence-electron chi connectivity index (χ2n) is 4.50. The summed E-state index contributed by atoms with van der Waals surface area (Å²) in [6, 6.07) is 12.4. The van der Waals surface area contributed by atoms with Crippen LogP contribution in [0.1, 0.15) is 5.56 Å². The zero-order valence-corrected chi connectivity index (χ0v) is 12.6. The van der Waals surface area contributed by atoms with Crippen molar-refractivity contribution in [3.63, 3.8) is 0 Å². The van der Waals surface area contributed by atoms with Gasteiger partial charge in [0.15, 0.2) is 0 Å². The van der Waals surface area contributed by atoms with Crippen LogP contribution >= 0.6 is 11.6 Å². The number of amides is 1. The molecule has 0 atom stereocenters. The molecule has 0 saturated heterocycles. The first kappa shape index (κ1) is 15.5. The lowest BCUT2D eigenvalue weighted by Crippen LogP contribution is -2.14. The van der Waals surface area contributed by atoms with E-state index in [1.165, 1.54) is 12.4 Å². The van der Waals surface area contributed by atoms with Gasteiger partial charge in [-0.05, 0) is 36.8 Å². The molecule has 0 aliphatic heterocycles. The van der Waals surface area contributed by atoms with Gasteiger partial charge in [-0.25, -0.2) is 4.98 Å². The predicted octanol–water partition coefficient (Wildman–Crippen LogP) is 3.50. The highest BCUT2D eigenvalue weighted by Gasteiger charge is 2.09. The number of benzene rings is 1. The number of halogens is 1. The van der Waals surface area contributed by atoms with Crippen LogP contribution in [0.4, 0.5) is 11.5 Å². The fraction of sp³-hybridized carbons (Fsp3) is 0.0625. The first-order valence-electron chi connectivity index (χ1n) is 6.45. The van der Waals surface area contributed by atoms with Crippen LogP contribution in [-0.2, 0) is 4.79 Å². The molecule has 2 N–H and O–H groups in total. The quantitative estimate of drug-likeness (QED) is 0.669. The van der Waals surface area contributed by atoms with Crippen molar-refractivity contribution in [3.05, 3.63) is 65.0 Å². The Kier molecular flexibility index (Phi) is 5.12. The van der Waals surface area contributed by atoms with Gasteiger partial charge in [0.25, 0.3) is 5.91 Å². The summed E-state index contributed by atoms with van der Waals surface area (Å²) in [5.41, 5.74) is 1.58. The molecule has 0 radical (unpaired) electrons. The molecule has 110 valence electrons. The minimum Gasteiger partial charge on any atom is -0.345 e. The molecule has 1 amide bonds. The van der Waals surface area contributed by atoms with Crippen LogP contribution in [0.5, 0.6) is 0 Å². The lowest BCUT2D eigenvalue weighted by molar-refractivity contribution is -0.112. The second kappa shape index (κ2) is 7.25. The van der Waals surface area contributed by atoms with Crippen LogP contribution in [0.25, 0.3) is 0 Å². The topological polar surface area (TPSA) is 77.8 Å². The van der Waals surface area contributed by atoms with Crippen molar-refractivity contribution in [1.82, 2.24) is 4.98 Å². The summed E-state index contributed by atoms with van der Waals surface area (Å²) in [5.74, 6) is -0.0498. The van der Waals surface area contributed by atoms with Gasteiger partial charge < -0.3 is 10.6 Å². The standard InChI is InChI=1S/C16H13ClN4O/c1-11-3-2-4-14(7-11)21-16(22)12(9-18)10-20-15-8-13(17)5-6-19-15/h2-8,10H,1H3,(H,19,20)(H,21,22)/b12-10-. The fourth-order valence-electron chi connectivity index (χ4n) is 1.70. The second-order valence-corrected chi connectivity index (χ2v) is 4.93. The van der Waals surface area contributed by atoms with E-state index in [-0.39, 0.29) is 5.57 Å². The number of hydrogen-bond donors (Lipinski definition) is 2. The minimum absolute atomic E-state index is 0.0664. The molecule has 0 aliphatic carbocycles. The van der Waals surface area contributed by atoms with Crippen molar-refractivity contribution in [3.8, 4) is 6.07 Å². The Balaban J connectivity index is 2.09. The van der Waals surface area contributed by atoms with Crippen LogP contribution < -0.4 is 10.6 Å². The number of aryl methyl sites for hydroxylation is 1. The number of nitrogens with one attached hydrogen (secondary N) is 2. The van der Waals surface area contributed by atoms with E-state index >= 15 is 0 Å². The maximum Gasteiger partial charge on any atom is 0.267 e. The average Bonchev–Trinajstić information content (AvgIpc) is 2.48. The molecule has 6 heteroatoms. The predicted molar refractivity (Wildman–Crippen MR) is 86.4 cm³/mol. The number of rotatable bonds is 4. The van der Waals surface area contributed by atoms with Gasteiger partial charge in [0, 0.05) is 23.1 Å². The molecular weight excluding hydrogens is 300 g/mol. The van der Waals surface area contributed by atoms with Crippen molar-refractivity contribution < 1.29 is 4.79 Å². The van der Waals surface area contributed by atoms with Gasteiger partial charge in [0.1, 0.15) is 17.5 Å². The van der Waals surface area contributed by atoms with Gasteiger partial charge in [0.05, 0.1) is 0 Å². The maximum absolute atomic E-state index is 12.1. The summed E-state index contributed by atoms with van der Waals surface area (Å²) in [4.78, 5) is 16.1. The van der Waals surface area contributed by atoms with Crippen LogP contribution in [-0.4, -0.2) is 10.9 Å². The molecule has 1 aromatic carbocycles. The van der Waals surface area contributed by atoms with Gasteiger partial charge in [-0.1, -0.05) is 23.7 Å². The molecule has 0 fully saturated rings. The normalized spacial score (nSPS) is 10.7. The van der Waals surface area contributed by atoms with Crippen molar-refractivity contribution in [1.29, 1.82) is 5.26 Å². The number of nitrogens with zero attached hydrogens (tertiary/aromatic N) is 2. The summed E-state index contributed by atoms with van der Waals surface area (Å²) >= 11 is 5.83. The van der Waals surface area contributed by atoms with Crippen LogP contribution in [0.2, 0.25) is 5.02 Å². The van der Waals surface area contributed by atoms with Crippen molar-refractivity contribution >= 4 is 29.0 Å². The van der Waals surface area contributed by atoms with Crippen molar-refractivity contribution in [2.24, 2.45) is 0 Å². The van der Waals surface area contributed by atoms with Gasteiger partial charge in [0.2, 0.25) is 0 Å². The van der Waals surface area contributed by atoms with E-state index in [2.05, 4.69) is 15.6 Å². The number of carbonyl (C=O) groups is 1. The molecule has 2 rings (SSSR count). The van der Waals surface area contributed by atoms with Gasteiger partial charge in [-0.3, -0.25) is 4.79 Å². The van der Waals surface area contributed by atoms with Gasteiger partial charge >= 0.3 is 0 Å². The Labute approximate surface area is 133 Å². The molecule has 0 saturated carbocycles. The van der Waals surface area contributed by atoms with Crippen LogP contribution in [0, 0.1) is 18.3 Å². The van der Waals surface area contributed by atoms with Gasteiger partial charge in [-0.15, -0.1) is 0 Å². The monoisotopic (exact) mass is 312 g/mol. The minimum atomic E-state index is -0.498. The number of nitriles is 1. The Morgan fingerprint density at radius 1 is 1.36 bits per heavy atom. The highest BCUT2D eigenvalue weighted by molar-refractivity contribution is 6.30. The SMILES string of the molecule is Cc1cccc(NC(=O)/C(C#N)=C\Nc2cc(Cl)ccn2)c1. The number of hydrogen-bond acceptors (Lipinski definition) is 4. The number of carbonyl (C=O) groups excluding carboxylic acids is 1. The highest BCUT2D eigenvalue weighted by atomic mass is 35.5. The molecular formula is C16H13ClN4O. The molecule has 22 heavy (non-hydrogen) atoms. The summed E-state index contributed by atoms with van der Waals surface area (Å²) < 4.78 is 0. The Bertz CT molecular complexity index is 765. The Morgan fingerprint density at radius 3 is 2.86 bits per heavy atom. The lowest BCUT2D eigenvalue weighted by atomic mass is 10.2. The lowest BCUT2D eigenvalue weighted by Gasteiger charge is -2.05. The van der Waals surface area contributed by atoms with E-state index < -0.39 is 5.91 Å². The zero-order chi connectivity index (χ0) is 15.9. The Morgan fingerprint density at radius 2 is 2.18 bits per heavy atom. The Hall–Kier alpha value is -2.84. The molecule has 2 aromatic rings. The molecule has 0 bridgehead atoms. The largest absolute Gasteiger partial charge is 0.345 e. The first-order chi connectivity index (χ1) is 10.6. The van der Waals surface area contributed by atoms with E-state index in [9.17, 15) is 4.79 Å². The molecule has 0 unspecified atom stereocenters. The molecule has 5 nitrogen and oxygen atoms in total. The summed E-state index contributed by atoms with van der Waals surface area (Å²) in [5, 5.41) is 15.0. The average molecular weight is 313 g/mol. The third-order valence-corrected chi connectivity index (χ3v) is 2.96. The van der Waals surface area contributed by atoms with E-state index in [0.717, 1.165) is 5.56 Å². The van der Waals surface area contributed by atoms with Crippen molar-refractivity contribution in [2.75, 3.05) is 10.6 Å². The van der Waals surface area contributed by atoms with E-state index in [1.807, 2.05) is 31.2 Å². The van der Waals surface area contributed by atoms with E-state index in [1.54, 1.807) is 18.2 Å². The molecule has 0 aliphatic rings. The third-order valence-electron chi connectivity index (χ3n) is 2.73. The first-order valence-corrected chi connectivity index (χ1v) is 6.82. The third kappa shape index (κ3) is 4.33. The van der Waals surface area contributed by atoms with Crippen LogP contribution in [0.15, 0.2) is 54.4 Å². The van der Waals surface area contributed by atoms with E-state index in [0.29, 0.717) is 16.5 Å². The highest BCUT2D eigenvalue weighted by Crippen LogP contribution is 2.13. The number of anilines is 2. The van der Waals surface area contributed by atoms with E-state index in [4.69, 9.17) is 16.9 Å². The molecule has 1 heterocycles. The fourth-order valence-corrected chi connectivity index (χ4v) is 1.86. The van der Waals surface area contributed by atoms with Crippen LogP contribution in [0.3, 0.4) is 0 Å².